The van der Waals surface area contributed by atoms with Gasteiger partial charge in [-0.25, -0.2) is 4.39 Å². The first-order chi connectivity index (χ1) is 13.4. The predicted octanol–water partition coefficient (Wildman–Crippen LogP) is 6.48. The molecule has 2 rings (SSSR count). The van der Waals surface area contributed by atoms with Crippen LogP contribution in [0.3, 0.4) is 0 Å². The van der Waals surface area contributed by atoms with E-state index in [1.807, 2.05) is 0 Å². The van der Waals surface area contributed by atoms with E-state index >= 15 is 4.39 Å². The topological polar surface area (TPSA) is 20.2 Å². The van der Waals surface area contributed by atoms with Crippen molar-refractivity contribution in [2.45, 2.75) is 80.4 Å². The summed E-state index contributed by atoms with van der Waals surface area (Å²) < 4.78 is 153. The second kappa shape index (κ2) is 6.48. The first-order valence-electron chi connectivity index (χ1n) is 8.83. The summed E-state index contributed by atoms with van der Waals surface area (Å²) >= 11 is 0. The third-order valence-electron chi connectivity index (χ3n) is 5.51. The quantitative estimate of drug-likeness (QED) is 0.500. The smallest absolute Gasteiger partial charge is 0.384 e. The van der Waals surface area contributed by atoms with Crippen LogP contribution in [0.25, 0.3) is 0 Å². The molecule has 0 aliphatic heterocycles. The monoisotopic (exact) mass is 472 g/mol. The maximum absolute atomic E-state index is 15.0. The molecule has 1 N–H and O–H groups in total. The van der Waals surface area contributed by atoms with E-state index in [0.29, 0.717) is 12.5 Å². The maximum atomic E-state index is 15.0. The molecule has 1 atom stereocenters. The Balaban J connectivity index is 2.70. The fraction of sp³-hybridized carbons (Fsp3) is 0.684. The van der Waals surface area contributed by atoms with Crippen molar-refractivity contribution in [2.24, 2.45) is 0 Å². The summed E-state index contributed by atoms with van der Waals surface area (Å²) in [5, 5.41) is 10.4. The van der Waals surface area contributed by atoms with E-state index in [4.69, 9.17) is 0 Å². The molecule has 1 fully saturated rings. The standard InChI is InChI=1S/C19H19F11O/c1-12(2,3)10-6-5-7-11(8-10)13(4,31)9-14(20)15(21,22)17(25,26)19(29,30)18(27,28)16(14,23)24/h5-8,31H,9H2,1-4H3. The lowest BCUT2D eigenvalue weighted by molar-refractivity contribution is -0.488. The van der Waals surface area contributed by atoms with Gasteiger partial charge in [0, 0.05) is 6.42 Å². The van der Waals surface area contributed by atoms with Gasteiger partial charge in [0.25, 0.3) is 5.67 Å². The molecule has 1 aromatic rings. The third-order valence-corrected chi connectivity index (χ3v) is 5.51. The van der Waals surface area contributed by atoms with Gasteiger partial charge in [0.2, 0.25) is 0 Å². The number of rotatable bonds is 3. The predicted molar refractivity (Wildman–Crippen MR) is 87.9 cm³/mol. The van der Waals surface area contributed by atoms with Crippen LogP contribution in [0.1, 0.15) is 45.2 Å². The van der Waals surface area contributed by atoms with Gasteiger partial charge in [0.15, 0.2) is 0 Å². The fourth-order valence-electron chi connectivity index (χ4n) is 3.41. The Hall–Kier alpha value is -1.59. The Labute approximate surface area is 170 Å². The number of alkyl halides is 11. The molecule has 0 amide bonds. The summed E-state index contributed by atoms with van der Waals surface area (Å²) in [6.45, 7) is 5.38. The van der Waals surface area contributed by atoms with Gasteiger partial charge in [-0.05, 0) is 23.5 Å². The minimum atomic E-state index is -7.28. The van der Waals surface area contributed by atoms with Gasteiger partial charge in [-0.15, -0.1) is 0 Å². The lowest BCUT2D eigenvalue weighted by Gasteiger charge is -2.53. The van der Waals surface area contributed by atoms with E-state index in [2.05, 4.69) is 0 Å². The average molecular weight is 472 g/mol. The van der Waals surface area contributed by atoms with E-state index in [1.54, 1.807) is 20.8 Å². The molecule has 1 saturated carbocycles. The van der Waals surface area contributed by atoms with Crippen LogP contribution in [0.5, 0.6) is 0 Å². The first kappa shape index (κ1) is 25.7. The van der Waals surface area contributed by atoms with Gasteiger partial charge in [0.1, 0.15) is 0 Å². The molecule has 0 spiro atoms. The molecule has 0 heterocycles. The van der Waals surface area contributed by atoms with E-state index in [9.17, 15) is 49.0 Å². The van der Waals surface area contributed by atoms with Crippen molar-refractivity contribution in [1.82, 2.24) is 0 Å². The Morgan fingerprint density at radius 3 is 1.39 bits per heavy atom. The van der Waals surface area contributed by atoms with Crippen LogP contribution in [0.2, 0.25) is 0 Å². The number of benzene rings is 1. The molecule has 0 saturated heterocycles. The van der Waals surface area contributed by atoms with Crippen LogP contribution in [-0.2, 0) is 11.0 Å². The molecule has 1 aliphatic rings. The molecule has 0 aromatic heterocycles. The SMILES string of the molecule is CC(C)(C)c1cccc(C(C)(O)CC2(F)C(F)(F)C(F)(F)C(F)(F)C(F)(F)C2(F)F)c1. The number of hydrogen-bond donors (Lipinski definition) is 1. The lowest BCUT2D eigenvalue weighted by Crippen LogP contribution is -2.84. The summed E-state index contributed by atoms with van der Waals surface area (Å²) in [6, 6.07) is 4.64. The zero-order valence-electron chi connectivity index (χ0n) is 16.6. The zero-order valence-corrected chi connectivity index (χ0v) is 16.6. The zero-order chi connectivity index (χ0) is 24.7. The molecule has 1 unspecified atom stereocenters. The Bertz CT molecular complexity index is 823. The highest BCUT2D eigenvalue weighted by atomic mass is 19.4. The number of halogens is 11. The van der Waals surface area contributed by atoms with Crippen LogP contribution in [0.4, 0.5) is 48.3 Å². The van der Waals surface area contributed by atoms with Gasteiger partial charge in [-0.1, -0.05) is 45.0 Å². The summed E-state index contributed by atoms with van der Waals surface area (Å²) in [6.07, 6.45) is -2.73. The van der Waals surface area contributed by atoms with Crippen LogP contribution in [-0.4, -0.2) is 40.4 Å². The van der Waals surface area contributed by atoms with E-state index in [-0.39, 0.29) is 0 Å². The molecule has 31 heavy (non-hydrogen) atoms. The molecule has 1 aliphatic carbocycles. The van der Waals surface area contributed by atoms with Gasteiger partial charge in [0.05, 0.1) is 5.60 Å². The van der Waals surface area contributed by atoms with Crippen LogP contribution >= 0.6 is 0 Å². The van der Waals surface area contributed by atoms with Gasteiger partial charge in [-0.3, -0.25) is 0 Å². The summed E-state index contributed by atoms with van der Waals surface area (Å²) in [5.74, 6) is -35.6. The Morgan fingerprint density at radius 1 is 0.645 bits per heavy atom. The number of hydrogen-bond acceptors (Lipinski definition) is 1. The van der Waals surface area contributed by atoms with Crippen molar-refractivity contribution in [3.05, 3.63) is 35.4 Å². The van der Waals surface area contributed by atoms with Crippen molar-refractivity contribution in [2.75, 3.05) is 0 Å². The van der Waals surface area contributed by atoms with E-state index < -0.39 is 58.3 Å². The summed E-state index contributed by atoms with van der Waals surface area (Å²) in [7, 11) is 0. The number of aliphatic hydroxyl groups is 1. The van der Waals surface area contributed by atoms with Crippen molar-refractivity contribution >= 4 is 0 Å². The van der Waals surface area contributed by atoms with Gasteiger partial charge in [-0.2, -0.15) is 43.9 Å². The van der Waals surface area contributed by atoms with Crippen molar-refractivity contribution in [1.29, 1.82) is 0 Å². The third kappa shape index (κ3) is 3.06. The van der Waals surface area contributed by atoms with Gasteiger partial charge < -0.3 is 5.11 Å². The molecular formula is C19H19F11O. The summed E-state index contributed by atoms with van der Waals surface area (Å²) in [4.78, 5) is 0. The van der Waals surface area contributed by atoms with E-state index in [1.165, 1.54) is 12.1 Å². The molecule has 0 radical (unpaired) electrons. The van der Waals surface area contributed by atoms with E-state index in [0.717, 1.165) is 12.1 Å². The minimum Gasteiger partial charge on any atom is -0.385 e. The Kier molecular flexibility index (Phi) is 5.36. The van der Waals surface area contributed by atoms with Gasteiger partial charge >= 0.3 is 29.6 Å². The van der Waals surface area contributed by atoms with Crippen LogP contribution in [0, 0.1) is 0 Å². The molecule has 1 aromatic carbocycles. The summed E-state index contributed by atoms with van der Waals surface area (Å²) in [5.41, 5.74) is -10.2. The largest absolute Gasteiger partial charge is 0.385 e. The normalized spacial score (nSPS) is 27.4. The van der Waals surface area contributed by atoms with Crippen LogP contribution in [0.15, 0.2) is 24.3 Å². The molecule has 178 valence electrons. The highest BCUT2D eigenvalue weighted by Gasteiger charge is 3.01. The second-order valence-corrected chi connectivity index (χ2v) is 8.95. The molecule has 12 heteroatoms. The Morgan fingerprint density at radius 2 is 1.00 bits per heavy atom. The first-order valence-corrected chi connectivity index (χ1v) is 8.83. The highest BCUT2D eigenvalue weighted by molar-refractivity contribution is 5.34. The highest BCUT2D eigenvalue weighted by Crippen LogP contribution is 2.71. The van der Waals surface area contributed by atoms with Crippen molar-refractivity contribution < 1.29 is 53.4 Å². The fourth-order valence-corrected chi connectivity index (χ4v) is 3.41. The maximum Gasteiger partial charge on any atom is 0.384 e. The second-order valence-electron chi connectivity index (χ2n) is 8.95. The average Bonchev–Trinajstić information content (AvgIpc) is 2.59. The van der Waals surface area contributed by atoms with Crippen molar-refractivity contribution in [3.8, 4) is 0 Å². The van der Waals surface area contributed by atoms with Crippen LogP contribution < -0.4 is 0 Å². The molecular weight excluding hydrogens is 453 g/mol. The minimum absolute atomic E-state index is 0.363. The molecule has 1 nitrogen and oxygen atoms in total. The van der Waals surface area contributed by atoms with Crippen molar-refractivity contribution in [3.63, 3.8) is 0 Å². The molecule has 0 bridgehead atoms. The lowest BCUT2D eigenvalue weighted by atomic mass is 9.67.